The number of carbonyl (C=O) groups is 1. The topological polar surface area (TPSA) is 47.6 Å². The van der Waals surface area contributed by atoms with Crippen LogP contribution in [-0.2, 0) is 4.79 Å². The van der Waals surface area contributed by atoms with E-state index >= 15 is 0 Å². The summed E-state index contributed by atoms with van der Waals surface area (Å²) in [5.74, 6) is 1.39. The lowest BCUT2D eigenvalue weighted by molar-refractivity contribution is -0.116. The number of hydrogen-bond acceptors (Lipinski definition) is 4. The molecule has 4 nitrogen and oxygen atoms in total. The molecule has 1 aliphatic rings. The van der Waals surface area contributed by atoms with E-state index in [0.29, 0.717) is 12.2 Å². The van der Waals surface area contributed by atoms with Gasteiger partial charge in [-0.1, -0.05) is 12.1 Å². The van der Waals surface area contributed by atoms with E-state index in [2.05, 4.69) is 29.6 Å². The summed E-state index contributed by atoms with van der Waals surface area (Å²) in [5, 5.41) is 2.93. The molecule has 1 amide bonds. The van der Waals surface area contributed by atoms with Crippen molar-refractivity contribution >= 4 is 23.4 Å². The lowest BCUT2D eigenvalue weighted by atomic mass is 9.84. The number of hydrogen-bond donors (Lipinski definition) is 1. The van der Waals surface area contributed by atoms with Crippen molar-refractivity contribution in [2.75, 3.05) is 25.8 Å². The van der Waals surface area contributed by atoms with Crippen LogP contribution >= 0.6 is 11.8 Å². The highest BCUT2D eigenvalue weighted by atomic mass is 32.2. The second-order valence-corrected chi connectivity index (χ2v) is 6.25. The Morgan fingerprint density at radius 2 is 1.87 bits per heavy atom. The van der Waals surface area contributed by atoms with Crippen LogP contribution in [0.5, 0.6) is 11.5 Å². The summed E-state index contributed by atoms with van der Waals surface area (Å²) < 4.78 is 10.8. The molecule has 1 unspecified atom stereocenters. The first kappa shape index (κ1) is 15.7. The quantitative estimate of drug-likeness (QED) is 0.864. The summed E-state index contributed by atoms with van der Waals surface area (Å²) in [4.78, 5) is 13.3. The third-order valence-corrected chi connectivity index (χ3v) is 4.85. The minimum atomic E-state index is -0.0180. The van der Waals surface area contributed by atoms with Gasteiger partial charge in [-0.15, -0.1) is 11.8 Å². The van der Waals surface area contributed by atoms with Gasteiger partial charge in [0.25, 0.3) is 0 Å². The number of anilines is 1. The van der Waals surface area contributed by atoms with E-state index in [1.165, 1.54) is 4.90 Å². The summed E-state index contributed by atoms with van der Waals surface area (Å²) in [6.07, 6.45) is 2.46. The van der Waals surface area contributed by atoms with Gasteiger partial charge in [-0.3, -0.25) is 4.79 Å². The van der Waals surface area contributed by atoms with Crippen LogP contribution in [0.1, 0.15) is 23.5 Å². The number of amides is 1. The second kappa shape index (κ2) is 6.54. The van der Waals surface area contributed by atoms with Crippen molar-refractivity contribution in [2.24, 2.45) is 0 Å². The molecular formula is C18H19NO3S. The van der Waals surface area contributed by atoms with E-state index in [9.17, 15) is 4.79 Å². The van der Waals surface area contributed by atoms with Crippen LogP contribution in [0, 0.1) is 0 Å². The number of rotatable bonds is 4. The average Bonchev–Trinajstić information content (AvgIpc) is 2.59. The molecule has 0 saturated carbocycles. The molecule has 1 aliphatic heterocycles. The zero-order chi connectivity index (χ0) is 16.4. The largest absolute Gasteiger partial charge is 0.497 e. The number of thioether (sulfide) groups is 1. The number of ether oxygens (including phenoxy) is 2. The monoisotopic (exact) mass is 329 g/mol. The van der Waals surface area contributed by atoms with Gasteiger partial charge in [-0.2, -0.15) is 0 Å². The molecule has 0 radical (unpaired) electrons. The standard InChI is InChI=1S/C18H19NO3S/c1-21-12-8-15-18(16(9-12)22-2)14(10-17(20)19-15)11-4-6-13(23-3)7-5-11/h4-9,14H,10H2,1-3H3,(H,19,20). The van der Waals surface area contributed by atoms with E-state index in [4.69, 9.17) is 9.47 Å². The zero-order valence-electron chi connectivity index (χ0n) is 13.4. The van der Waals surface area contributed by atoms with Crippen molar-refractivity contribution < 1.29 is 14.3 Å². The third kappa shape index (κ3) is 3.01. The van der Waals surface area contributed by atoms with E-state index < -0.39 is 0 Å². The van der Waals surface area contributed by atoms with Gasteiger partial charge in [0.05, 0.1) is 19.9 Å². The molecule has 1 N–H and O–H groups in total. The van der Waals surface area contributed by atoms with Gasteiger partial charge in [0.15, 0.2) is 0 Å². The highest BCUT2D eigenvalue weighted by Gasteiger charge is 2.30. The molecule has 0 fully saturated rings. The summed E-state index contributed by atoms with van der Waals surface area (Å²) in [5.41, 5.74) is 2.88. The number of fused-ring (bicyclic) bond motifs is 1. The highest BCUT2D eigenvalue weighted by molar-refractivity contribution is 7.98. The van der Waals surface area contributed by atoms with Crippen LogP contribution < -0.4 is 14.8 Å². The van der Waals surface area contributed by atoms with Gasteiger partial charge >= 0.3 is 0 Å². The smallest absolute Gasteiger partial charge is 0.225 e. The molecular weight excluding hydrogens is 310 g/mol. The molecule has 2 aromatic carbocycles. The third-order valence-electron chi connectivity index (χ3n) is 4.10. The normalized spacial score (nSPS) is 16.5. The van der Waals surface area contributed by atoms with E-state index in [0.717, 1.165) is 22.6 Å². The molecule has 120 valence electrons. The van der Waals surface area contributed by atoms with Crippen LogP contribution in [0.25, 0.3) is 0 Å². The minimum absolute atomic E-state index is 0.00625. The number of methoxy groups -OCH3 is 2. The zero-order valence-corrected chi connectivity index (χ0v) is 14.2. The molecule has 0 bridgehead atoms. The molecule has 1 atom stereocenters. The molecule has 23 heavy (non-hydrogen) atoms. The first-order valence-electron chi connectivity index (χ1n) is 7.36. The van der Waals surface area contributed by atoms with Gasteiger partial charge in [-0.05, 0) is 24.0 Å². The van der Waals surface area contributed by atoms with Crippen molar-refractivity contribution in [2.45, 2.75) is 17.2 Å². The average molecular weight is 329 g/mol. The molecule has 0 spiro atoms. The molecule has 5 heteroatoms. The Balaban J connectivity index is 2.11. The summed E-state index contributed by atoms with van der Waals surface area (Å²) in [6.45, 7) is 0. The van der Waals surface area contributed by atoms with Gasteiger partial charge in [0.1, 0.15) is 11.5 Å². The Hall–Kier alpha value is -2.14. The lowest BCUT2D eigenvalue weighted by Gasteiger charge is -2.28. The number of benzene rings is 2. The number of carbonyl (C=O) groups excluding carboxylic acids is 1. The van der Waals surface area contributed by atoms with Crippen molar-refractivity contribution in [3.05, 3.63) is 47.5 Å². The molecule has 0 saturated heterocycles. The van der Waals surface area contributed by atoms with Crippen molar-refractivity contribution in [3.63, 3.8) is 0 Å². The molecule has 2 aromatic rings. The fourth-order valence-electron chi connectivity index (χ4n) is 2.96. The minimum Gasteiger partial charge on any atom is -0.497 e. The van der Waals surface area contributed by atoms with Crippen LogP contribution in [0.4, 0.5) is 5.69 Å². The predicted octanol–water partition coefficient (Wildman–Crippen LogP) is 3.90. The van der Waals surface area contributed by atoms with Crippen LogP contribution in [0.3, 0.4) is 0 Å². The first-order valence-corrected chi connectivity index (χ1v) is 8.58. The van der Waals surface area contributed by atoms with Crippen molar-refractivity contribution in [1.82, 2.24) is 0 Å². The Morgan fingerprint density at radius 3 is 2.48 bits per heavy atom. The second-order valence-electron chi connectivity index (χ2n) is 5.37. The maximum absolute atomic E-state index is 12.1. The van der Waals surface area contributed by atoms with Crippen LogP contribution in [-0.4, -0.2) is 26.4 Å². The van der Waals surface area contributed by atoms with Crippen LogP contribution in [0.2, 0.25) is 0 Å². The SMILES string of the molecule is COc1cc2c(c(OC)c1)C(c1ccc(SC)cc1)CC(=O)N2. The van der Waals surface area contributed by atoms with Gasteiger partial charge < -0.3 is 14.8 Å². The highest BCUT2D eigenvalue weighted by Crippen LogP contribution is 2.44. The predicted molar refractivity (Wildman–Crippen MR) is 92.9 cm³/mol. The summed E-state index contributed by atoms with van der Waals surface area (Å²) >= 11 is 1.70. The van der Waals surface area contributed by atoms with Crippen molar-refractivity contribution in [3.8, 4) is 11.5 Å². The van der Waals surface area contributed by atoms with E-state index in [-0.39, 0.29) is 11.8 Å². The van der Waals surface area contributed by atoms with E-state index in [1.54, 1.807) is 26.0 Å². The molecule has 1 heterocycles. The van der Waals surface area contributed by atoms with Gasteiger partial charge in [0, 0.05) is 34.9 Å². The van der Waals surface area contributed by atoms with Gasteiger partial charge in [-0.25, -0.2) is 0 Å². The van der Waals surface area contributed by atoms with Crippen LogP contribution in [0.15, 0.2) is 41.3 Å². The maximum atomic E-state index is 12.1. The lowest BCUT2D eigenvalue weighted by Crippen LogP contribution is -2.24. The van der Waals surface area contributed by atoms with Crippen molar-refractivity contribution in [1.29, 1.82) is 0 Å². The maximum Gasteiger partial charge on any atom is 0.225 e. The summed E-state index contributed by atoms with van der Waals surface area (Å²) in [7, 11) is 3.24. The molecule has 0 aromatic heterocycles. The molecule has 3 rings (SSSR count). The molecule has 0 aliphatic carbocycles. The summed E-state index contributed by atoms with van der Waals surface area (Å²) in [6, 6.07) is 12.0. The Kier molecular flexibility index (Phi) is 4.48. The Morgan fingerprint density at radius 1 is 1.13 bits per heavy atom. The Bertz CT molecular complexity index is 728. The number of nitrogens with one attached hydrogen (secondary N) is 1. The first-order chi connectivity index (χ1) is 11.2. The van der Waals surface area contributed by atoms with E-state index in [1.807, 2.05) is 18.4 Å². The Labute approximate surface area is 140 Å². The fraction of sp³-hybridized carbons (Fsp3) is 0.278. The van der Waals surface area contributed by atoms with Gasteiger partial charge in [0.2, 0.25) is 5.91 Å². The fourth-order valence-corrected chi connectivity index (χ4v) is 3.37.